The highest BCUT2D eigenvalue weighted by atomic mass is 16.5. The van der Waals surface area contributed by atoms with Gasteiger partial charge >= 0.3 is 12.2 Å². The molecule has 4 atom stereocenters. The normalized spacial score (nSPS) is 20.5. The van der Waals surface area contributed by atoms with Crippen LogP contribution in [0.25, 0.3) is 22.5 Å². The van der Waals surface area contributed by atoms with Crippen molar-refractivity contribution in [2.24, 2.45) is 11.8 Å². The van der Waals surface area contributed by atoms with Crippen molar-refractivity contribution in [1.29, 1.82) is 0 Å². The number of rotatable bonds is 10. The Balaban J connectivity index is 0.888. The Morgan fingerprint density at radius 1 is 0.629 bits per heavy atom. The first-order valence-electron chi connectivity index (χ1n) is 21.6. The number of ether oxygens (including phenoxy) is 4. The van der Waals surface area contributed by atoms with E-state index in [1.807, 2.05) is 58.3 Å². The van der Waals surface area contributed by atoms with Gasteiger partial charge in [0, 0.05) is 50.6 Å². The topological polar surface area (TPSA) is 193 Å². The van der Waals surface area contributed by atoms with E-state index in [9.17, 15) is 19.2 Å². The lowest BCUT2D eigenvalue weighted by Gasteiger charge is -2.34. The van der Waals surface area contributed by atoms with Crippen LogP contribution in [-0.4, -0.2) is 120 Å². The van der Waals surface area contributed by atoms with Gasteiger partial charge in [-0.25, -0.2) is 19.6 Å². The lowest BCUT2D eigenvalue weighted by Crippen LogP contribution is -2.53. The van der Waals surface area contributed by atoms with Gasteiger partial charge in [0.2, 0.25) is 11.8 Å². The van der Waals surface area contributed by atoms with Gasteiger partial charge in [-0.2, -0.15) is 0 Å². The number of methoxy groups -OCH3 is 2. The van der Waals surface area contributed by atoms with Crippen LogP contribution in [0.15, 0.2) is 60.9 Å². The summed E-state index contributed by atoms with van der Waals surface area (Å²) in [5.41, 5.74) is 5.29. The summed E-state index contributed by atoms with van der Waals surface area (Å²) in [6.45, 7) is 3.40. The van der Waals surface area contributed by atoms with Gasteiger partial charge in [-0.3, -0.25) is 9.59 Å². The Hall–Kier alpha value is -6.18. The van der Waals surface area contributed by atoms with Crippen LogP contribution < -0.4 is 10.6 Å². The van der Waals surface area contributed by atoms with Crippen LogP contribution in [-0.2, 0) is 28.5 Å². The van der Waals surface area contributed by atoms with Crippen molar-refractivity contribution >= 4 is 24.0 Å². The molecule has 0 saturated carbocycles. The summed E-state index contributed by atoms with van der Waals surface area (Å²) in [7, 11) is 2.61. The van der Waals surface area contributed by atoms with E-state index in [0.29, 0.717) is 76.8 Å². The number of nitrogens with one attached hydrogen (secondary N) is 4. The minimum Gasteiger partial charge on any atom is -0.453 e. The number of H-pyrrole nitrogens is 2. The largest absolute Gasteiger partial charge is 0.453 e. The zero-order chi connectivity index (χ0) is 43.0. The molecule has 4 aromatic rings. The number of carbonyl (C=O) groups is 4. The number of imidazole rings is 2. The van der Waals surface area contributed by atoms with Gasteiger partial charge in [0.05, 0.1) is 50.1 Å². The van der Waals surface area contributed by atoms with E-state index in [1.165, 1.54) is 14.2 Å². The second-order valence-corrected chi connectivity index (χ2v) is 16.3. The second kappa shape index (κ2) is 19.7. The van der Waals surface area contributed by atoms with Crippen LogP contribution in [0.2, 0.25) is 0 Å². The van der Waals surface area contributed by atoms with E-state index in [0.717, 1.165) is 59.3 Å². The van der Waals surface area contributed by atoms with Crippen molar-refractivity contribution in [3.63, 3.8) is 0 Å². The van der Waals surface area contributed by atoms with Crippen LogP contribution >= 0.6 is 0 Å². The molecule has 326 valence electrons. The number of nitrogens with zero attached hydrogens (tertiary/aromatic N) is 4. The van der Waals surface area contributed by atoms with E-state index in [1.54, 1.807) is 12.4 Å². The number of aromatic amines is 2. The molecule has 4 amide bonds. The zero-order valence-electron chi connectivity index (χ0n) is 35.2. The van der Waals surface area contributed by atoms with Crippen molar-refractivity contribution in [3.05, 3.63) is 83.7 Å². The summed E-state index contributed by atoms with van der Waals surface area (Å²) in [6, 6.07) is 14.1. The second-order valence-electron chi connectivity index (χ2n) is 16.3. The van der Waals surface area contributed by atoms with E-state index in [2.05, 4.69) is 32.4 Å². The van der Waals surface area contributed by atoms with Crippen molar-refractivity contribution < 1.29 is 38.1 Å². The third-order valence-electron chi connectivity index (χ3n) is 12.6. The molecule has 4 aliphatic heterocycles. The molecule has 16 nitrogen and oxygen atoms in total. The lowest BCUT2D eigenvalue weighted by molar-refractivity contribution is -0.137. The van der Waals surface area contributed by atoms with Crippen LogP contribution in [0.4, 0.5) is 9.59 Å². The molecule has 4 saturated heterocycles. The summed E-state index contributed by atoms with van der Waals surface area (Å²) in [4.78, 5) is 72.3. The Labute approximate surface area is 360 Å². The van der Waals surface area contributed by atoms with Gasteiger partial charge in [0.1, 0.15) is 23.7 Å². The number of benzene rings is 2. The van der Waals surface area contributed by atoms with Crippen LogP contribution in [0.3, 0.4) is 0 Å². The van der Waals surface area contributed by atoms with Gasteiger partial charge in [-0.05, 0) is 98.6 Å². The number of likely N-dealkylation sites (tertiary alicyclic amines) is 2. The summed E-state index contributed by atoms with van der Waals surface area (Å²) in [5, 5.41) is 5.61. The average molecular weight is 847 g/mol. The number of carbonyl (C=O) groups excluding carboxylic acids is 4. The molecular formula is C46H54N8O8. The van der Waals surface area contributed by atoms with Crippen molar-refractivity contribution in [2.75, 3.05) is 53.7 Å². The fourth-order valence-electron chi connectivity index (χ4n) is 9.14. The van der Waals surface area contributed by atoms with E-state index < -0.39 is 24.3 Å². The van der Waals surface area contributed by atoms with E-state index in [-0.39, 0.29) is 35.7 Å². The van der Waals surface area contributed by atoms with Gasteiger partial charge in [-0.15, -0.1) is 0 Å². The van der Waals surface area contributed by atoms with Crippen molar-refractivity contribution in [3.8, 4) is 34.4 Å². The van der Waals surface area contributed by atoms with Gasteiger partial charge < -0.3 is 49.3 Å². The maximum Gasteiger partial charge on any atom is 0.407 e. The Kier molecular flexibility index (Phi) is 13.5. The number of aromatic nitrogens is 4. The highest BCUT2D eigenvalue weighted by Crippen LogP contribution is 2.35. The molecule has 2 aromatic heterocycles. The third kappa shape index (κ3) is 9.64. The van der Waals surface area contributed by atoms with E-state index >= 15 is 0 Å². The minimum atomic E-state index is -0.688. The first-order chi connectivity index (χ1) is 30.3. The van der Waals surface area contributed by atoms with E-state index in [4.69, 9.17) is 28.9 Å². The minimum absolute atomic E-state index is 0.0305. The number of alkyl carbamates (subject to hydrolysis) is 2. The first-order valence-corrected chi connectivity index (χ1v) is 21.6. The molecule has 4 fully saturated rings. The summed E-state index contributed by atoms with van der Waals surface area (Å²) < 4.78 is 20.7. The molecule has 0 unspecified atom stereocenters. The molecule has 0 aliphatic carbocycles. The summed E-state index contributed by atoms with van der Waals surface area (Å²) in [6.07, 6.45) is 8.33. The maximum atomic E-state index is 13.9. The SMILES string of the molecule is COC(=O)N[C@@H](C(=O)N1CCC[C@@H]1c1ncc(-c2ccc(C#Cc3ccc(-c4cnc([C@@H]5CCCN5C(=O)[C@H](NC(=O)OC)C5CCOCC5)[nH]4)cc3)cc2)[nH]1)C1CCOCC1. The monoisotopic (exact) mass is 846 g/mol. The Bertz CT molecular complexity index is 2100. The van der Waals surface area contributed by atoms with Crippen LogP contribution in [0.1, 0.15) is 86.2 Å². The molecule has 4 N–H and O–H groups in total. The van der Waals surface area contributed by atoms with Gasteiger partial charge in [-0.1, -0.05) is 36.1 Å². The quantitative estimate of drug-likeness (QED) is 0.148. The van der Waals surface area contributed by atoms with Gasteiger partial charge in [0.25, 0.3) is 0 Å². The van der Waals surface area contributed by atoms with Crippen molar-refractivity contribution in [1.82, 2.24) is 40.4 Å². The summed E-state index contributed by atoms with van der Waals surface area (Å²) >= 11 is 0. The number of hydrogen-bond donors (Lipinski definition) is 4. The predicted octanol–water partition coefficient (Wildman–Crippen LogP) is 5.50. The predicted molar refractivity (Wildman–Crippen MR) is 227 cm³/mol. The highest BCUT2D eigenvalue weighted by molar-refractivity contribution is 5.87. The molecule has 62 heavy (non-hydrogen) atoms. The Morgan fingerprint density at radius 2 is 1.02 bits per heavy atom. The lowest BCUT2D eigenvalue weighted by atomic mass is 9.90. The number of amides is 4. The third-order valence-corrected chi connectivity index (χ3v) is 12.6. The molecule has 6 heterocycles. The van der Waals surface area contributed by atoms with Gasteiger partial charge in [0.15, 0.2) is 0 Å². The highest BCUT2D eigenvalue weighted by Gasteiger charge is 2.41. The molecule has 0 radical (unpaired) electrons. The fraction of sp³-hybridized carbons (Fsp3) is 0.478. The van der Waals surface area contributed by atoms with Crippen LogP contribution in [0, 0.1) is 23.7 Å². The Morgan fingerprint density at radius 3 is 1.39 bits per heavy atom. The molecule has 0 spiro atoms. The maximum absolute atomic E-state index is 13.9. The number of hydrogen-bond acceptors (Lipinski definition) is 10. The molecule has 8 rings (SSSR count). The van der Waals surface area contributed by atoms with Crippen LogP contribution in [0.5, 0.6) is 0 Å². The molecule has 16 heteroatoms. The molecule has 0 bridgehead atoms. The van der Waals surface area contributed by atoms with Crippen molar-refractivity contribution in [2.45, 2.75) is 75.5 Å². The molecular weight excluding hydrogens is 793 g/mol. The molecule has 4 aliphatic rings. The first kappa shape index (κ1) is 42.5. The summed E-state index contributed by atoms with van der Waals surface area (Å²) in [5.74, 6) is 7.65. The zero-order valence-corrected chi connectivity index (χ0v) is 35.2. The average Bonchev–Trinajstić information content (AvgIpc) is 4.17. The molecule has 2 aromatic carbocycles. The standard InChI is InChI=1S/C46H54N8O8/c1-59-45(57)51-39(33-17-23-61-24-18-33)43(55)53-21-3-5-37(53)41-47-27-35(49-41)31-13-9-29(10-14-31)7-8-30-11-15-32(16-12-30)36-28-48-42(50-36)38-6-4-22-54(38)44(56)40(52-46(58)60-2)34-19-25-62-26-20-34/h9-16,27-28,33-34,37-40H,3-6,17-26H2,1-2H3,(H,47,49)(H,48,50)(H,51,57)(H,52,58)/t37-,38+,39-,40-/m1/s1. The fourth-order valence-corrected chi connectivity index (χ4v) is 9.14. The smallest absolute Gasteiger partial charge is 0.407 e.